The number of sulfonamides is 1. The number of para-hydroxylation sites is 1. The van der Waals surface area contributed by atoms with E-state index in [0.29, 0.717) is 5.56 Å². The van der Waals surface area contributed by atoms with Crippen LogP contribution in [-0.4, -0.2) is 20.2 Å². The molecule has 0 aliphatic heterocycles. The number of carbonyl (C=O) groups is 2. The predicted octanol–water partition coefficient (Wildman–Crippen LogP) is 4.03. The molecule has 0 bridgehead atoms. The highest BCUT2D eigenvalue weighted by Crippen LogP contribution is 2.24. The number of hydrogen-bond donors (Lipinski definition) is 3. The maximum Gasteiger partial charge on any atom is 0.261 e. The van der Waals surface area contributed by atoms with Gasteiger partial charge in [-0.25, -0.2) is 12.8 Å². The molecule has 0 saturated heterocycles. The molecule has 0 unspecified atom stereocenters. The zero-order valence-electron chi connectivity index (χ0n) is 16.4. The fraction of sp³-hybridized carbons (Fsp3) is 0. The number of primary amides is 1. The molecule has 0 aromatic heterocycles. The van der Waals surface area contributed by atoms with Crippen LogP contribution in [-0.2, 0) is 14.8 Å². The Kier molecular flexibility index (Phi) is 6.92. The van der Waals surface area contributed by atoms with E-state index < -0.39 is 27.7 Å². The molecule has 3 aromatic rings. The van der Waals surface area contributed by atoms with Crippen LogP contribution in [0.4, 0.5) is 15.8 Å². The molecule has 32 heavy (non-hydrogen) atoms. The summed E-state index contributed by atoms with van der Waals surface area (Å²) in [6.45, 7) is 0. The van der Waals surface area contributed by atoms with Crippen molar-refractivity contribution in [2.45, 2.75) is 4.90 Å². The molecule has 0 radical (unpaired) electrons. The van der Waals surface area contributed by atoms with Gasteiger partial charge in [0.2, 0.25) is 5.91 Å². The maximum atomic E-state index is 13.5. The zero-order valence-corrected chi connectivity index (χ0v) is 18.0. The molecule has 0 atom stereocenters. The summed E-state index contributed by atoms with van der Waals surface area (Å²) in [6, 6.07) is 15.7. The van der Waals surface area contributed by atoms with Gasteiger partial charge >= 0.3 is 0 Å². The number of amides is 2. The van der Waals surface area contributed by atoms with E-state index in [-0.39, 0.29) is 26.9 Å². The van der Waals surface area contributed by atoms with Crippen molar-refractivity contribution in [2.75, 3.05) is 10.0 Å². The topological polar surface area (TPSA) is 118 Å². The van der Waals surface area contributed by atoms with Gasteiger partial charge in [-0.15, -0.1) is 0 Å². The first-order valence-electron chi connectivity index (χ1n) is 9.11. The molecule has 0 aliphatic rings. The van der Waals surface area contributed by atoms with Gasteiger partial charge < -0.3 is 11.1 Å². The Bertz CT molecular complexity index is 1310. The largest absolute Gasteiger partial charge is 0.366 e. The van der Waals surface area contributed by atoms with Crippen LogP contribution in [0.25, 0.3) is 6.08 Å². The molecular formula is C22H17ClFN3O4S. The Balaban J connectivity index is 1.67. The summed E-state index contributed by atoms with van der Waals surface area (Å²) >= 11 is 5.99. The van der Waals surface area contributed by atoms with E-state index in [1.165, 1.54) is 42.5 Å². The summed E-state index contributed by atoms with van der Waals surface area (Å²) in [5.41, 5.74) is 5.76. The first-order valence-corrected chi connectivity index (χ1v) is 11.0. The zero-order chi connectivity index (χ0) is 23.3. The third-order valence-electron chi connectivity index (χ3n) is 4.24. The quantitative estimate of drug-likeness (QED) is 0.449. The number of hydrogen-bond acceptors (Lipinski definition) is 4. The lowest BCUT2D eigenvalue weighted by Crippen LogP contribution is -2.14. The van der Waals surface area contributed by atoms with Gasteiger partial charge in [-0.1, -0.05) is 35.9 Å². The molecule has 0 heterocycles. The number of anilines is 2. The van der Waals surface area contributed by atoms with Gasteiger partial charge in [-0.05, 0) is 54.1 Å². The van der Waals surface area contributed by atoms with Crippen molar-refractivity contribution in [3.63, 3.8) is 0 Å². The second kappa shape index (κ2) is 9.63. The molecule has 10 heteroatoms. The van der Waals surface area contributed by atoms with Crippen LogP contribution in [0.3, 0.4) is 0 Å². The molecular weight excluding hydrogens is 457 g/mol. The molecule has 0 saturated carbocycles. The first-order chi connectivity index (χ1) is 15.2. The summed E-state index contributed by atoms with van der Waals surface area (Å²) in [6.07, 6.45) is 2.67. The fourth-order valence-corrected chi connectivity index (χ4v) is 3.97. The lowest BCUT2D eigenvalue weighted by molar-refractivity contribution is -0.111. The lowest BCUT2D eigenvalue weighted by Gasteiger charge is -2.09. The Morgan fingerprint density at radius 1 is 1.00 bits per heavy atom. The molecule has 3 rings (SSSR count). The average Bonchev–Trinajstić information content (AvgIpc) is 2.75. The molecule has 0 spiro atoms. The van der Waals surface area contributed by atoms with Crippen molar-refractivity contribution in [3.05, 3.63) is 94.8 Å². The van der Waals surface area contributed by atoms with Gasteiger partial charge in [-0.3, -0.25) is 14.3 Å². The molecule has 7 nitrogen and oxygen atoms in total. The minimum absolute atomic E-state index is 0.0179. The number of nitrogens with two attached hydrogens (primary N) is 1. The SMILES string of the molecule is NC(=O)c1cc(NC(=O)/C=C/c2ccc(S(=O)(=O)Nc3ccccc3Cl)cc2)ccc1F. The van der Waals surface area contributed by atoms with Crippen LogP contribution >= 0.6 is 11.6 Å². The van der Waals surface area contributed by atoms with Crippen molar-refractivity contribution in [2.24, 2.45) is 5.73 Å². The van der Waals surface area contributed by atoms with E-state index in [1.54, 1.807) is 24.3 Å². The number of rotatable bonds is 7. The highest BCUT2D eigenvalue weighted by Gasteiger charge is 2.15. The third kappa shape index (κ3) is 5.71. The first kappa shape index (κ1) is 23.0. The number of halogens is 2. The number of benzene rings is 3. The van der Waals surface area contributed by atoms with Crippen molar-refractivity contribution < 1.29 is 22.4 Å². The second-order valence-corrected chi connectivity index (χ2v) is 8.63. The van der Waals surface area contributed by atoms with Crippen LogP contribution in [0, 0.1) is 5.82 Å². The smallest absolute Gasteiger partial charge is 0.261 e. The molecule has 3 aromatic carbocycles. The monoisotopic (exact) mass is 473 g/mol. The Labute approximate surface area is 188 Å². The summed E-state index contributed by atoms with van der Waals surface area (Å²) in [5.74, 6) is -2.28. The van der Waals surface area contributed by atoms with Gasteiger partial charge in [0, 0.05) is 11.8 Å². The number of carbonyl (C=O) groups excluding carboxylic acids is 2. The van der Waals surface area contributed by atoms with Crippen molar-refractivity contribution in [1.29, 1.82) is 0 Å². The molecule has 0 fully saturated rings. The van der Waals surface area contributed by atoms with Gasteiger partial charge in [-0.2, -0.15) is 0 Å². The fourth-order valence-electron chi connectivity index (χ4n) is 2.65. The van der Waals surface area contributed by atoms with Crippen LogP contribution < -0.4 is 15.8 Å². The van der Waals surface area contributed by atoms with Crippen LogP contribution in [0.15, 0.2) is 77.7 Å². The minimum atomic E-state index is -3.85. The molecule has 164 valence electrons. The van der Waals surface area contributed by atoms with Crippen LogP contribution in [0.1, 0.15) is 15.9 Å². The highest BCUT2D eigenvalue weighted by atomic mass is 35.5. The molecule has 4 N–H and O–H groups in total. The Morgan fingerprint density at radius 3 is 2.34 bits per heavy atom. The van der Waals surface area contributed by atoms with E-state index in [0.717, 1.165) is 12.1 Å². The van der Waals surface area contributed by atoms with Gasteiger partial charge in [0.15, 0.2) is 0 Å². The normalized spacial score (nSPS) is 11.3. The summed E-state index contributed by atoms with van der Waals surface area (Å²) in [5, 5.41) is 2.75. The lowest BCUT2D eigenvalue weighted by atomic mass is 10.1. The summed E-state index contributed by atoms with van der Waals surface area (Å²) in [4.78, 5) is 23.3. The second-order valence-electron chi connectivity index (χ2n) is 6.54. The van der Waals surface area contributed by atoms with E-state index in [4.69, 9.17) is 17.3 Å². The third-order valence-corrected chi connectivity index (χ3v) is 5.95. The van der Waals surface area contributed by atoms with Crippen molar-refractivity contribution >= 4 is 50.9 Å². The number of nitrogens with one attached hydrogen (secondary N) is 2. The summed E-state index contributed by atoms with van der Waals surface area (Å²) < 4.78 is 41.0. The van der Waals surface area contributed by atoms with Crippen LogP contribution in [0.5, 0.6) is 0 Å². The van der Waals surface area contributed by atoms with Gasteiger partial charge in [0.1, 0.15) is 5.82 Å². The molecule has 0 aliphatic carbocycles. The van der Waals surface area contributed by atoms with Crippen molar-refractivity contribution in [1.82, 2.24) is 0 Å². The summed E-state index contributed by atoms with van der Waals surface area (Å²) in [7, 11) is -3.85. The van der Waals surface area contributed by atoms with Gasteiger partial charge in [0.25, 0.3) is 15.9 Å². The van der Waals surface area contributed by atoms with E-state index in [2.05, 4.69) is 10.0 Å². The minimum Gasteiger partial charge on any atom is -0.366 e. The van der Waals surface area contributed by atoms with E-state index >= 15 is 0 Å². The highest BCUT2D eigenvalue weighted by molar-refractivity contribution is 7.92. The van der Waals surface area contributed by atoms with Crippen molar-refractivity contribution in [3.8, 4) is 0 Å². The Morgan fingerprint density at radius 2 is 1.69 bits per heavy atom. The standard InChI is InChI=1S/C22H17ClFN3O4S/c23-18-3-1-2-4-20(18)27-32(30,31)16-9-5-14(6-10-16)7-12-21(28)26-15-8-11-19(24)17(13-15)22(25)29/h1-13,27H,(H2,25,29)(H,26,28)/b12-7+. The van der Waals surface area contributed by atoms with Gasteiger partial charge in [0.05, 0.1) is 21.2 Å². The Hall–Kier alpha value is -3.69. The van der Waals surface area contributed by atoms with E-state index in [1.807, 2.05) is 0 Å². The maximum absolute atomic E-state index is 13.5. The van der Waals surface area contributed by atoms with Crippen LogP contribution in [0.2, 0.25) is 5.02 Å². The molecule has 2 amide bonds. The average molecular weight is 474 g/mol. The van der Waals surface area contributed by atoms with E-state index in [9.17, 15) is 22.4 Å². The predicted molar refractivity (Wildman–Crippen MR) is 121 cm³/mol.